The van der Waals surface area contributed by atoms with Crippen LogP contribution in [0.3, 0.4) is 0 Å². The number of methoxy groups -OCH3 is 1. The maximum absolute atomic E-state index is 12.3. The smallest absolute Gasteiger partial charge is 0.252 e. The Hall–Kier alpha value is -2.58. The van der Waals surface area contributed by atoms with E-state index in [-0.39, 0.29) is 17.2 Å². The summed E-state index contributed by atoms with van der Waals surface area (Å²) in [6.07, 6.45) is 2.07. The number of aromatic nitrogens is 2. The summed E-state index contributed by atoms with van der Waals surface area (Å²) in [6, 6.07) is 7.16. The number of anilines is 1. The van der Waals surface area contributed by atoms with Crippen LogP contribution in [0.4, 0.5) is 5.95 Å². The third kappa shape index (κ3) is 4.71. The number of aromatic amines is 1. The summed E-state index contributed by atoms with van der Waals surface area (Å²) >= 11 is 0. The van der Waals surface area contributed by atoms with Gasteiger partial charge in [-0.15, -0.1) is 0 Å². The molecule has 0 amide bonds. The summed E-state index contributed by atoms with van der Waals surface area (Å²) in [5.74, 6) is 1.50. The minimum Gasteiger partial charge on any atom is -0.504 e. The van der Waals surface area contributed by atoms with Gasteiger partial charge in [0.05, 0.1) is 26.0 Å². The van der Waals surface area contributed by atoms with Crippen LogP contribution in [0, 0.1) is 0 Å². The molecule has 0 aliphatic carbocycles. The lowest BCUT2D eigenvalue weighted by Gasteiger charge is -2.33. The number of hydrogen-bond donors (Lipinski definition) is 2. The van der Waals surface area contributed by atoms with E-state index >= 15 is 0 Å². The van der Waals surface area contributed by atoms with Gasteiger partial charge in [-0.05, 0) is 37.1 Å². The highest BCUT2D eigenvalue weighted by Crippen LogP contribution is 2.30. The fourth-order valence-corrected chi connectivity index (χ4v) is 4.13. The van der Waals surface area contributed by atoms with Gasteiger partial charge in [-0.25, -0.2) is 4.98 Å². The summed E-state index contributed by atoms with van der Waals surface area (Å²) in [4.78, 5) is 24.4. The number of nitrogens with one attached hydrogen (secondary N) is 1. The number of rotatable bonds is 5. The van der Waals surface area contributed by atoms with E-state index in [2.05, 4.69) is 14.8 Å². The Morgan fingerprint density at radius 1 is 1.28 bits per heavy atom. The molecule has 4 rings (SSSR count). The highest BCUT2D eigenvalue weighted by atomic mass is 16.5. The Morgan fingerprint density at radius 2 is 2.10 bits per heavy atom. The second kappa shape index (κ2) is 8.84. The number of phenols is 1. The Balaban J connectivity index is 1.47. The molecular formula is C21H28N4O4. The molecule has 0 saturated carbocycles. The Morgan fingerprint density at radius 3 is 2.86 bits per heavy atom. The molecule has 2 N–H and O–H groups in total. The lowest BCUT2D eigenvalue weighted by molar-refractivity contribution is 0.122. The van der Waals surface area contributed by atoms with Gasteiger partial charge in [-0.3, -0.25) is 14.7 Å². The van der Waals surface area contributed by atoms with Gasteiger partial charge in [0.25, 0.3) is 5.56 Å². The molecule has 0 spiro atoms. The van der Waals surface area contributed by atoms with Gasteiger partial charge in [0.1, 0.15) is 0 Å². The first-order valence-corrected chi connectivity index (χ1v) is 10.1. The fourth-order valence-electron chi connectivity index (χ4n) is 4.13. The van der Waals surface area contributed by atoms with Gasteiger partial charge < -0.3 is 19.5 Å². The van der Waals surface area contributed by atoms with Crippen molar-refractivity contribution in [3.63, 3.8) is 0 Å². The van der Waals surface area contributed by atoms with Crippen LogP contribution in [-0.2, 0) is 11.3 Å². The largest absolute Gasteiger partial charge is 0.504 e. The first-order valence-electron chi connectivity index (χ1n) is 10.1. The van der Waals surface area contributed by atoms with Crippen molar-refractivity contribution in [2.45, 2.75) is 25.3 Å². The number of hydrogen-bond acceptors (Lipinski definition) is 7. The molecule has 3 heterocycles. The molecule has 8 heteroatoms. The van der Waals surface area contributed by atoms with E-state index in [1.807, 2.05) is 6.07 Å². The number of benzene rings is 1. The summed E-state index contributed by atoms with van der Waals surface area (Å²) in [7, 11) is 1.55. The number of H-pyrrole nitrogens is 1. The molecule has 156 valence electrons. The Bertz CT molecular complexity index is 894. The molecule has 2 fully saturated rings. The molecule has 2 aromatic rings. The van der Waals surface area contributed by atoms with E-state index in [1.54, 1.807) is 25.3 Å². The van der Waals surface area contributed by atoms with Crippen LogP contribution in [0.2, 0.25) is 0 Å². The van der Waals surface area contributed by atoms with Crippen LogP contribution in [0.25, 0.3) is 0 Å². The number of phenolic OH excluding ortho intramolecular Hbond substituents is 1. The Kier molecular flexibility index (Phi) is 6.01. The third-order valence-corrected chi connectivity index (χ3v) is 5.63. The maximum atomic E-state index is 12.3. The van der Waals surface area contributed by atoms with E-state index in [1.165, 1.54) is 0 Å². The fraction of sp³-hybridized carbons (Fsp3) is 0.524. The monoisotopic (exact) mass is 400 g/mol. The van der Waals surface area contributed by atoms with Crippen molar-refractivity contribution in [2.24, 2.45) is 0 Å². The molecular weight excluding hydrogens is 372 g/mol. The average molecular weight is 400 g/mol. The number of ether oxygens (including phenoxy) is 2. The van der Waals surface area contributed by atoms with E-state index in [0.717, 1.165) is 56.8 Å². The van der Waals surface area contributed by atoms with Crippen LogP contribution >= 0.6 is 0 Å². The third-order valence-electron chi connectivity index (χ3n) is 5.63. The highest BCUT2D eigenvalue weighted by Gasteiger charge is 2.24. The van der Waals surface area contributed by atoms with Crippen molar-refractivity contribution < 1.29 is 14.6 Å². The molecule has 1 aromatic heterocycles. The minimum atomic E-state index is -0.103. The average Bonchev–Trinajstić information content (AvgIpc) is 2.74. The molecule has 2 saturated heterocycles. The van der Waals surface area contributed by atoms with Crippen LogP contribution < -0.4 is 15.2 Å². The molecule has 2 aliphatic rings. The van der Waals surface area contributed by atoms with Gasteiger partial charge in [0.15, 0.2) is 11.5 Å². The number of nitrogens with zero attached hydrogens (tertiary/aromatic N) is 3. The Labute approximate surface area is 170 Å². The van der Waals surface area contributed by atoms with Gasteiger partial charge in [0, 0.05) is 38.2 Å². The number of piperidine rings is 1. The molecule has 0 unspecified atom stereocenters. The number of aromatic hydroxyl groups is 1. The van der Waals surface area contributed by atoms with Gasteiger partial charge in [0.2, 0.25) is 5.95 Å². The second-order valence-electron chi connectivity index (χ2n) is 7.67. The van der Waals surface area contributed by atoms with Gasteiger partial charge in [-0.1, -0.05) is 6.07 Å². The van der Waals surface area contributed by atoms with Crippen LogP contribution in [0.15, 0.2) is 29.1 Å². The van der Waals surface area contributed by atoms with Crippen molar-refractivity contribution >= 4 is 5.95 Å². The van der Waals surface area contributed by atoms with E-state index in [0.29, 0.717) is 24.9 Å². The maximum Gasteiger partial charge on any atom is 0.252 e. The number of likely N-dealkylation sites (tertiary alicyclic amines) is 1. The molecule has 0 radical (unpaired) electrons. The normalized spacial score (nSPS) is 20.6. The van der Waals surface area contributed by atoms with Crippen molar-refractivity contribution in [1.82, 2.24) is 14.9 Å². The predicted molar refractivity (Wildman–Crippen MR) is 110 cm³/mol. The number of morpholine rings is 1. The summed E-state index contributed by atoms with van der Waals surface area (Å²) in [6.45, 7) is 5.36. The molecule has 29 heavy (non-hydrogen) atoms. The van der Waals surface area contributed by atoms with Gasteiger partial charge >= 0.3 is 0 Å². The topological polar surface area (TPSA) is 90.9 Å². The lowest BCUT2D eigenvalue weighted by Crippen LogP contribution is -2.39. The first-order chi connectivity index (χ1) is 14.1. The zero-order valence-corrected chi connectivity index (χ0v) is 16.8. The summed E-state index contributed by atoms with van der Waals surface area (Å²) < 4.78 is 10.5. The molecule has 2 aliphatic heterocycles. The minimum absolute atomic E-state index is 0.103. The SMILES string of the molecule is COc1ccc(CN2CCC[C@H](c3cc(=O)[nH]c(N4CCOCC4)n3)C2)cc1O. The molecule has 1 aromatic carbocycles. The highest BCUT2D eigenvalue weighted by molar-refractivity contribution is 5.41. The van der Waals surface area contributed by atoms with Crippen molar-refractivity contribution in [3.05, 3.63) is 45.9 Å². The summed E-state index contributed by atoms with van der Waals surface area (Å²) in [5.41, 5.74) is 1.79. The van der Waals surface area contributed by atoms with Crippen molar-refractivity contribution in [1.29, 1.82) is 0 Å². The van der Waals surface area contributed by atoms with Gasteiger partial charge in [-0.2, -0.15) is 0 Å². The quantitative estimate of drug-likeness (QED) is 0.789. The standard InChI is InChI=1S/C21H28N4O4/c1-28-19-5-4-15(11-18(19)26)13-24-6-2-3-16(14-24)17-12-20(27)23-21(22-17)25-7-9-29-10-8-25/h4-5,11-12,16,26H,2-3,6-10,13-14H2,1H3,(H,22,23,27)/t16-/m0/s1. The first kappa shape index (κ1) is 19.7. The zero-order chi connectivity index (χ0) is 20.2. The molecule has 1 atom stereocenters. The second-order valence-corrected chi connectivity index (χ2v) is 7.67. The van der Waals surface area contributed by atoms with Crippen LogP contribution in [0.5, 0.6) is 11.5 Å². The lowest BCUT2D eigenvalue weighted by atomic mass is 9.94. The van der Waals surface area contributed by atoms with Crippen LogP contribution in [0.1, 0.15) is 30.0 Å². The predicted octanol–water partition coefficient (Wildman–Crippen LogP) is 1.70. The van der Waals surface area contributed by atoms with E-state index in [4.69, 9.17) is 14.5 Å². The zero-order valence-electron chi connectivity index (χ0n) is 16.8. The van der Waals surface area contributed by atoms with E-state index < -0.39 is 0 Å². The van der Waals surface area contributed by atoms with Crippen molar-refractivity contribution in [3.8, 4) is 11.5 Å². The summed E-state index contributed by atoms with van der Waals surface area (Å²) in [5, 5.41) is 10.0. The molecule has 0 bridgehead atoms. The van der Waals surface area contributed by atoms with Crippen LogP contribution in [-0.4, -0.2) is 66.5 Å². The van der Waals surface area contributed by atoms with E-state index in [9.17, 15) is 9.90 Å². The molecule has 8 nitrogen and oxygen atoms in total. The van der Waals surface area contributed by atoms with Crippen molar-refractivity contribution in [2.75, 3.05) is 51.4 Å².